The third-order valence-electron chi connectivity index (χ3n) is 3.30. The number of rotatable bonds is 7. The monoisotopic (exact) mass is 287 g/mol. The summed E-state index contributed by atoms with van der Waals surface area (Å²) in [6.45, 7) is 5.60. The maximum absolute atomic E-state index is 14.0. The Morgan fingerprint density at radius 3 is 2.48 bits per heavy atom. The molecule has 3 heteroatoms. The van der Waals surface area contributed by atoms with Crippen molar-refractivity contribution in [3.8, 4) is 11.5 Å². The fraction of sp³-hybridized carbons (Fsp3) is 0.333. The van der Waals surface area contributed by atoms with E-state index in [2.05, 4.69) is 12.2 Å². The van der Waals surface area contributed by atoms with Gasteiger partial charge in [0.1, 0.15) is 5.75 Å². The lowest BCUT2D eigenvalue weighted by molar-refractivity contribution is 0.434. The number of benzene rings is 2. The summed E-state index contributed by atoms with van der Waals surface area (Å²) in [7, 11) is 0. The van der Waals surface area contributed by atoms with Crippen LogP contribution in [0.15, 0.2) is 42.5 Å². The Bertz CT molecular complexity index is 566. The first-order chi connectivity index (χ1) is 10.2. The van der Waals surface area contributed by atoms with E-state index in [9.17, 15) is 4.39 Å². The first kappa shape index (κ1) is 15.5. The maximum atomic E-state index is 14.0. The van der Waals surface area contributed by atoms with Crippen molar-refractivity contribution in [3.63, 3.8) is 0 Å². The van der Waals surface area contributed by atoms with Crippen molar-refractivity contribution in [1.82, 2.24) is 5.32 Å². The van der Waals surface area contributed by atoms with Gasteiger partial charge in [-0.25, -0.2) is 4.39 Å². The molecule has 0 saturated heterocycles. The summed E-state index contributed by atoms with van der Waals surface area (Å²) < 4.78 is 19.8. The Morgan fingerprint density at radius 2 is 1.81 bits per heavy atom. The summed E-state index contributed by atoms with van der Waals surface area (Å²) in [5.41, 5.74) is 2.10. The number of halogens is 1. The molecule has 0 aliphatic rings. The summed E-state index contributed by atoms with van der Waals surface area (Å²) in [5, 5.41) is 3.20. The molecule has 0 heterocycles. The van der Waals surface area contributed by atoms with Crippen LogP contribution in [-0.4, -0.2) is 6.54 Å². The molecule has 0 aliphatic heterocycles. The van der Waals surface area contributed by atoms with Crippen molar-refractivity contribution in [2.45, 2.75) is 33.2 Å². The minimum absolute atomic E-state index is 0.307. The number of ether oxygens (including phenoxy) is 1. The van der Waals surface area contributed by atoms with Crippen molar-refractivity contribution in [1.29, 1.82) is 0 Å². The molecule has 112 valence electrons. The average Bonchev–Trinajstić information content (AvgIpc) is 2.50. The molecule has 0 spiro atoms. The van der Waals surface area contributed by atoms with Crippen LogP contribution in [0.25, 0.3) is 0 Å². The summed E-state index contributed by atoms with van der Waals surface area (Å²) in [5.74, 6) is 0.641. The third kappa shape index (κ3) is 4.30. The lowest BCUT2D eigenvalue weighted by atomic mass is 10.1. The molecule has 0 unspecified atom stereocenters. The van der Waals surface area contributed by atoms with E-state index in [1.807, 2.05) is 37.3 Å². The molecule has 0 atom stereocenters. The van der Waals surface area contributed by atoms with Gasteiger partial charge in [0.05, 0.1) is 0 Å². The number of hydrogen-bond donors (Lipinski definition) is 1. The van der Waals surface area contributed by atoms with E-state index in [0.29, 0.717) is 18.0 Å². The predicted octanol–water partition coefficient (Wildman–Crippen LogP) is 4.68. The van der Waals surface area contributed by atoms with Crippen LogP contribution in [0.2, 0.25) is 0 Å². The molecule has 0 aromatic heterocycles. The van der Waals surface area contributed by atoms with E-state index in [1.54, 1.807) is 6.07 Å². The number of aryl methyl sites for hydroxylation is 1. The summed E-state index contributed by atoms with van der Waals surface area (Å²) in [4.78, 5) is 0. The van der Waals surface area contributed by atoms with Gasteiger partial charge < -0.3 is 10.1 Å². The van der Waals surface area contributed by atoms with E-state index in [0.717, 1.165) is 24.9 Å². The quantitative estimate of drug-likeness (QED) is 0.798. The summed E-state index contributed by atoms with van der Waals surface area (Å²) in [6, 6.07) is 12.9. The Labute approximate surface area is 126 Å². The highest BCUT2D eigenvalue weighted by Crippen LogP contribution is 2.28. The topological polar surface area (TPSA) is 21.3 Å². The molecule has 2 aromatic carbocycles. The molecule has 0 fully saturated rings. The molecule has 0 saturated carbocycles. The highest BCUT2D eigenvalue weighted by Gasteiger charge is 2.10. The fourth-order valence-electron chi connectivity index (χ4n) is 2.20. The van der Waals surface area contributed by atoms with Crippen LogP contribution in [0.5, 0.6) is 11.5 Å². The van der Waals surface area contributed by atoms with Gasteiger partial charge in [0.15, 0.2) is 11.6 Å². The molecular formula is C18H22FNO. The minimum Gasteiger partial charge on any atom is -0.454 e. The van der Waals surface area contributed by atoms with Gasteiger partial charge in [0.25, 0.3) is 0 Å². The Morgan fingerprint density at radius 1 is 1.05 bits per heavy atom. The van der Waals surface area contributed by atoms with Crippen molar-refractivity contribution in [2.24, 2.45) is 0 Å². The second kappa shape index (κ2) is 7.79. The van der Waals surface area contributed by atoms with Crippen molar-refractivity contribution in [3.05, 3.63) is 59.4 Å². The number of hydrogen-bond acceptors (Lipinski definition) is 2. The zero-order valence-electron chi connectivity index (χ0n) is 12.7. The third-order valence-corrected chi connectivity index (χ3v) is 3.30. The molecule has 0 radical (unpaired) electrons. The second-order valence-electron chi connectivity index (χ2n) is 5.00. The summed E-state index contributed by atoms with van der Waals surface area (Å²) >= 11 is 0. The maximum Gasteiger partial charge on any atom is 0.167 e. The SMILES string of the molecule is CCCc1ccc(Oc2c(F)cccc2CNCC)cc1. The lowest BCUT2D eigenvalue weighted by Gasteiger charge is -2.12. The largest absolute Gasteiger partial charge is 0.454 e. The van der Waals surface area contributed by atoms with Crippen molar-refractivity contribution >= 4 is 0 Å². The van der Waals surface area contributed by atoms with Gasteiger partial charge in [-0.1, -0.05) is 44.5 Å². The minimum atomic E-state index is -0.331. The van der Waals surface area contributed by atoms with E-state index in [1.165, 1.54) is 11.6 Å². The fourth-order valence-corrected chi connectivity index (χ4v) is 2.20. The van der Waals surface area contributed by atoms with Crippen molar-refractivity contribution in [2.75, 3.05) is 6.54 Å². The smallest absolute Gasteiger partial charge is 0.167 e. The molecule has 2 rings (SSSR count). The van der Waals surface area contributed by atoms with Crippen LogP contribution in [0.1, 0.15) is 31.4 Å². The van der Waals surface area contributed by atoms with Crippen LogP contribution in [-0.2, 0) is 13.0 Å². The predicted molar refractivity (Wildman–Crippen MR) is 84.3 cm³/mol. The molecule has 0 bridgehead atoms. The van der Waals surface area contributed by atoms with Gasteiger partial charge in [-0.3, -0.25) is 0 Å². The van der Waals surface area contributed by atoms with Gasteiger partial charge in [0, 0.05) is 12.1 Å². The molecule has 1 N–H and O–H groups in total. The molecule has 2 nitrogen and oxygen atoms in total. The van der Waals surface area contributed by atoms with Crippen LogP contribution in [0.4, 0.5) is 4.39 Å². The van der Waals surface area contributed by atoms with Crippen molar-refractivity contribution < 1.29 is 9.13 Å². The first-order valence-corrected chi connectivity index (χ1v) is 7.49. The highest BCUT2D eigenvalue weighted by molar-refractivity contribution is 5.39. The molecule has 0 aliphatic carbocycles. The van der Waals surface area contributed by atoms with Crippen LogP contribution >= 0.6 is 0 Å². The first-order valence-electron chi connectivity index (χ1n) is 7.49. The van der Waals surface area contributed by atoms with Gasteiger partial charge in [0.2, 0.25) is 0 Å². The molecule has 2 aromatic rings. The van der Waals surface area contributed by atoms with Gasteiger partial charge >= 0.3 is 0 Å². The Hall–Kier alpha value is -1.87. The van der Waals surface area contributed by atoms with E-state index in [4.69, 9.17) is 4.74 Å². The summed E-state index contributed by atoms with van der Waals surface area (Å²) in [6.07, 6.45) is 2.16. The van der Waals surface area contributed by atoms with E-state index < -0.39 is 0 Å². The van der Waals surface area contributed by atoms with Crippen LogP contribution < -0.4 is 10.1 Å². The Kier molecular flexibility index (Phi) is 5.76. The van der Waals surface area contributed by atoms with Gasteiger partial charge in [-0.15, -0.1) is 0 Å². The molecule has 21 heavy (non-hydrogen) atoms. The molecule has 0 amide bonds. The van der Waals surface area contributed by atoms with Crippen LogP contribution in [0.3, 0.4) is 0 Å². The Balaban J connectivity index is 2.17. The van der Waals surface area contributed by atoms with Gasteiger partial charge in [-0.05, 0) is 36.7 Å². The zero-order chi connectivity index (χ0) is 15.1. The second-order valence-corrected chi connectivity index (χ2v) is 5.00. The van der Waals surface area contributed by atoms with E-state index >= 15 is 0 Å². The number of para-hydroxylation sites is 1. The van der Waals surface area contributed by atoms with Gasteiger partial charge in [-0.2, -0.15) is 0 Å². The normalized spacial score (nSPS) is 10.6. The van der Waals surface area contributed by atoms with E-state index in [-0.39, 0.29) is 5.82 Å². The molecular weight excluding hydrogens is 265 g/mol. The zero-order valence-corrected chi connectivity index (χ0v) is 12.7. The average molecular weight is 287 g/mol. The van der Waals surface area contributed by atoms with Crippen LogP contribution in [0, 0.1) is 5.82 Å². The number of nitrogens with one attached hydrogen (secondary N) is 1. The lowest BCUT2D eigenvalue weighted by Crippen LogP contribution is -2.12. The standard InChI is InChI=1S/C18H22FNO/c1-3-6-14-9-11-16(12-10-14)21-18-15(13-20-4-2)7-5-8-17(18)19/h5,7-12,20H,3-4,6,13H2,1-2H3. The highest BCUT2D eigenvalue weighted by atomic mass is 19.1.